The molecule has 0 unspecified atom stereocenters. The lowest BCUT2D eigenvalue weighted by Gasteiger charge is -2.32. The molecule has 0 spiro atoms. The summed E-state index contributed by atoms with van der Waals surface area (Å²) in [5, 5.41) is 2.52. The second kappa shape index (κ2) is 21.5. The van der Waals surface area contributed by atoms with Gasteiger partial charge >= 0.3 is 8.16 Å². The molecule has 57 heavy (non-hydrogen) atoms. The summed E-state index contributed by atoms with van der Waals surface area (Å²) in [6, 6.07) is 10.7. The molecule has 0 radical (unpaired) electrons. The molecule has 322 valence electrons. The SMILES string of the molecule is C=CCN(C1CCCCC1)p1oc2c(C(C)(C)CCCCC)cc(C(C)(C)CCCCC)cc2c2cc(C(C)(C)CCCCC)cc(C(C)(C)CCCCC)c2o1. The topological polar surface area (TPSA) is 29.5 Å². The molecule has 0 N–H and O–H groups in total. The van der Waals surface area contributed by atoms with Gasteiger partial charge in [0, 0.05) is 34.5 Å². The third-order valence-corrected chi connectivity index (χ3v) is 15.6. The highest BCUT2D eigenvalue weighted by atomic mass is 31.1. The van der Waals surface area contributed by atoms with E-state index in [1.807, 2.05) is 0 Å². The van der Waals surface area contributed by atoms with Gasteiger partial charge in [-0.3, -0.25) is 0 Å². The molecule has 1 saturated carbocycles. The van der Waals surface area contributed by atoms with Crippen molar-refractivity contribution in [3.05, 3.63) is 59.2 Å². The van der Waals surface area contributed by atoms with Gasteiger partial charge < -0.3 is 8.39 Å². The van der Waals surface area contributed by atoms with Crippen molar-refractivity contribution in [1.29, 1.82) is 0 Å². The van der Waals surface area contributed by atoms with Crippen LogP contribution in [0.4, 0.5) is 0 Å². The first kappa shape index (κ1) is 47.7. The first-order valence-corrected chi connectivity index (χ1v) is 25.1. The van der Waals surface area contributed by atoms with Crippen LogP contribution in [0.25, 0.3) is 21.9 Å². The van der Waals surface area contributed by atoms with Gasteiger partial charge in [0.1, 0.15) is 11.2 Å². The van der Waals surface area contributed by atoms with Gasteiger partial charge in [-0.05, 0) is 83.4 Å². The van der Waals surface area contributed by atoms with E-state index in [1.54, 1.807) is 0 Å². The number of unbranched alkanes of at least 4 members (excludes halogenated alkanes) is 8. The van der Waals surface area contributed by atoms with Crippen LogP contribution in [0.2, 0.25) is 0 Å². The average molecular weight is 802 g/mol. The maximum Gasteiger partial charge on any atom is 0.310 e. The number of fused-ring (bicyclic) bond motifs is 3. The summed E-state index contributed by atoms with van der Waals surface area (Å²) in [4.78, 5) is 0. The average Bonchev–Trinajstić information content (AvgIpc) is 3.33. The minimum atomic E-state index is -1.46. The normalized spacial score (nSPS) is 15.0. The molecular weight excluding hydrogens is 714 g/mol. The van der Waals surface area contributed by atoms with Gasteiger partial charge in [0.2, 0.25) is 0 Å². The minimum absolute atomic E-state index is 0.0345. The van der Waals surface area contributed by atoms with E-state index >= 15 is 0 Å². The van der Waals surface area contributed by atoms with Crippen molar-refractivity contribution in [2.45, 2.75) is 246 Å². The van der Waals surface area contributed by atoms with Crippen LogP contribution in [0, 0.1) is 0 Å². The van der Waals surface area contributed by atoms with Gasteiger partial charge in [-0.1, -0.05) is 198 Å². The maximum absolute atomic E-state index is 7.69. The number of nitrogens with zero attached hydrogens (tertiary/aromatic N) is 1. The predicted molar refractivity (Wildman–Crippen MR) is 255 cm³/mol. The largest absolute Gasteiger partial charge is 0.407 e. The standard InChI is InChI=1S/C53H88NO2P/c1-14-19-26-32-50(6,7)41-37-44-45-38-42(51(8,9)33-27-20-15-2)40-47(53(12,13)35-29-22-17-4)49(45)56-57(54(36-18-5)43-30-24-23-25-31-43)55-48(44)46(39-41)52(10,11)34-28-21-16-3/h18,37-40,43H,5,14-17,19-36H2,1-4,6-13H3. The molecule has 0 bridgehead atoms. The van der Waals surface area contributed by atoms with Gasteiger partial charge in [-0.2, -0.15) is 4.67 Å². The Kier molecular flexibility index (Phi) is 18.0. The first-order chi connectivity index (χ1) is 27.1. The van der Waals surface area contributed by atoms with Crippen LogP contribution in [0.15, 0.2) is 45.3 Å². The molecule has 0 amide bonds. The van der Waals surface area contributed by atoms with Crippen LogP contribution in [-0.4, -0.2) is 12.6 Å². The van der Waals surface area contributed by atoms with Crippen LogP contribution < -0.4 is 4.67 Å². The van der Waals surface area contributed by atoms with E-state index in [0.717, 1.165) is 30.6 Å². The summed E-state index contributed by atoms with van der Waals surface area (Å²) in [5.41, 5.74) is 7.74. The zero-order valence-corrected chi connectivity index (χ0v) is 40.3. The summed E-state index contributed by atoms with van der Waals surface area (Å²) in [6.45, 7) is 34.3. The van der Waals surface area contributed by atoms with Crippen LogP contribution in [0.3, 0.4) is 0 Å². The van der Waals surface area contributed by atoms with Gasteiger partial charge in [-0.15, -0.1) is 6.58 Å². The zero-order chi connectivity index (χ0) is 41.9. The Morgan fingerprint density at radius 2 is 0.930 bits per heavy atom. The molecule has 1 aliphatic carbocycles. The summed E-state index contributed by atoms with van der Waals surface area (Å²) in [6.07, 6.45) is 28.0. The lowest BCUT2D eigenvalue weighted by atomic mass is 9.72. The van der Waals surface area contributed by atoms with E-state index < -0.39 is 8.16 Å². The first-order valence-electron chi connectivity index (χ1n) is 24.0. The Balaban J connectivity index is 2.28. The van der Waals surface area contributed by atoms with E-state index in [4.69, 9.17) is 8.39 Å². The fourth-order valence-electron chi connectivity index (χ4n) is 9.61. The Morgan fingerprint density at radius 3 is 1.28 bits per heavy atom. The number of hydrogen-bond donors (Lipinski definition) is 0. The Labute approximate surface area is 353 Å². The third-order valence-electron chi connectivity index (χ3n) is 14.0. The molecule has 1 aromatic heterocycles. The lowest BCUT2D eigenvalue weighted by Crippen LogP contribution is -2.34. The van der Waals surface area contributed by atoms with Gasteiger partial charge in [-0.25, -0.2) is 0 Å². The van der Waals surface area contributed by atoms with Gasteiger partial charge in [0.15, 0.2) is 0 Å². The van der Waals surface area contributed by atoms with Crippen molar-refractivity contribution in [2.24, 2.45) is 0 Å². The highest BCUT2D eigenvalue weighted by Gasteiger charge is 2.34. The van der Waals surface area contributed by atoms with Crippen molar-refractivity contribution < 1.29 is 8.39 Å². The van der Waals surface area contributed by atoms with Crippen LogP contribution in [-0.2, 0) is 21.7 Å². The fraction of sp³-hybridized carbons (Fsp3) is 0.736. The highest BCUT2D eigenvalue weighted by molar-refractivity contribution is 7.39. The highest BCUT2D eigenvalue weighted by Crippen LogP contribution is 2.49. The second-order valence-electron chi connectivity index (χ2n) is 20.8. The zero-order valence-electron chi connectivity index (χ0n) is 39.4. The molecule has 0 atom stereocenters. The number of hydrogen-bond acceptors (Lipinski definition) is 3. The maximum atomic E-state index is 7.69. The molecule has 3 aromatic rings. The molecule has 1 heterocycles. The van der Waals surface area contributed by atoms with Gasteiger partial charge in [0.25, 0.3) is 0 Å². The minimum Gasteiger partial charge on any atom is -0.407 e. The van der Waals surface area contributed by atoms with Crippen molar-refractivity contribution in [3.8, 4) is 0 Å². The summed E-state index contributed by atoms with van der Waals surface area (Å²) in [5.74, 6) is 0. The van der Waals surface area contributed by atoms with Crippen LogP contribution in [0.1, 0.15) is 240 Å². The molecule has 1 fully saturated rings. The fourth-order valence-corrected chi connectivity index (χ4v) is 11.3. The Morgan fingerprint density at radius 1 is 0.561 bits per heavy atom. The predicted octanol–water partition coefficient (Wildman–Crippen LogP) is 18.2. The van der Waals surface area contributed by atoms with Crippen molar-refractivity contribution in [3.63, 3.8) is 0 Å². The molecule has 4 rings (SSSR count). The summed E-state index contributed by atoms with van der Waals surface area (Å²) >= 11 is 0. The van der Waals surface area contributed by atoms with E-state index in [0.29, 0.717) is 6.04 Å². The molecule has 0 saturated heterocycles. The third kappa shape index (κ3) is 12.3. The molecular formula is C53H88NO2P. The molecule has 2 aromatic carbocycles. The summed E-state index contributed by atoms with van der Waals surface area (Å²) < 4.78 is 18.0. The van der Waals surface area contributed by atoms with E-state index in [2.05, 4.69) is 125 Å². The van der Waals surface area contributed by atoms with Crippen LogP contribution >= 0.6 is 8.16 Å². The van der Waals surface area contributed by atoms with Gasteiger partial charge in [0.05, 0.1) is 0 Å². The van der Waals surface area contributed by atoms with Crippen molar-refractivity contribution in [1.82, 2.24) is 0 Å². The second-order valence-corrected chi connectivity index (χ2v) is 22.1. The molecule has 0 aliphatic heterocycles. The van der Waals surface area contributed by atoms with E-state index in [1.165, 1.54) is 155 Å². The van der Waals surface area contributed by atoms with Crippen molar-refractivity contribution >= 4 is 30.1 Å². The van der Waals surface area contributed by atoms with E-state index in [-0.39, 0.29) is 21.7 Å². The number of benzene rings is 2. The smallest absolute Gasteiger partial charge is 0.310 e. The monoisotopic (exact) mass is 802 g/mol. The molecule has 1 aliphatic rings. The number of rotatable bonds is 24. The Bertz CT molecular complexity index is 1630. The quantitative estimate of drug-likeness (QED) is 0.0667. The Hall–Kier alpha value is -1.96. The van der Waals surface area contributed by atoms with Crippen LogP contribution in [0.5, 0.6) is 0 Å². The molecule has 4 heteroatoms. The lowest BCUT2D eigenvalue weighted by molar-refractivity contribution is 0.422. The molecule has 3 nitrogen and oxygen atoms in total. The van der Waals surface area contributed by atoms with Crippen molar-refractivity contribution in [2.75, 3.05) is 11.2 Å². The summed E-state index contributed by atoms with van der Waals surface area (Å²) in [7, 11) is -1.46. The van der Waals surface area contributed by atoms with E-state index in [9.17, 15) is 0 Å².